The van der Waals surface area contributed by atoms with Crippen molar-refractivity contribution in [2.24, 2.45) is 5.92 Å². The summed E-state index contributed by atoms with van der Waals surface area (Å²) >= 11 is 5.77. The van der Waals surface area contributed by atoms with Crippen LogP contribution >= 0.6 is 11.6 Å². The average Bonchev–Trinajstić information content (AvgIpc) is 2.40. The van der Waals surface area contributed by atoms with Gasteiger partial charge in [0.1, 0.15) is 5.82 Å². The fourth-order valence-electron chi connectivity index (χ4n) is 2.82. The number of likely N-dealkylation sites (tertiary alicyclic amines) is 1. The summed E-state index contributed by atoms with van der Waals surface area (Å²) < 4.78 is 14.1. The van der Waals surface area contributed by atoms with Gasteiger partial charge in [-0.1, -0.05) is 24.6 Å². The van der Waals surface area contributed by atoms with Crippen LogP contribution in [0.4, 0.5) is 4.39 Å². The molecule has 3 nitrogen and oxygen atoms in total. The molecule has 1 aliphatic rings. The third-order valence-corrected chi connectivity index (χ3v) is 4.52. The van der Waals surface area contributed by atoms with Crippen LogP contribution in [0.5, 0.6) is 0 Å². The van der Waals surface area contributed by atoms with E-state index >= 15 is 0 Å². The number of hydrogen-bond donors (Lipinski definition) is 1. The molecule has 1 aliphatic heterocycles. The number of rotatable bonds is 2. The summed E-state index contributed by atoms with van der Waals surface area (Å²) in [6.07, 6.45) is 0.191. The first-order valence-electron chi connectivity index (χ1n) is 7.16. The maximum absolute atomic E-state index is 14.1. The first-order chi connectivity index (χ1) is 9.73. The predicted molar refractivity (Wildman–Crippen MR) is 80.8 cm³/mol. The number of aliphatic hydroxyl groups excluding tert-OH is 1. The molecule has 0 saturated carbocycles. The maximum atomic E-state index is 14.1. The standard InChI is InChI=1S/C16H21ClFNO2/c1-10-9-19(7-6-14(10)20)15(21)16(2,3)12-5-4-11(17)8-13(12)18/h4-5,8,10,14,20H,6-7,9H2,1-3H3/t10-,14-/m0/s1. The summed E-state index contributed by atoms with van der Waals surface area (Å²) in [7, 11) is 0. The minimum atomic E-state index is -0.962. The fraction of sp³-hybridized carbons (Fsp3) is 0.562. The van der Waals surface area contributed by atoms with Gasteiger partial charge >= 0.3 is 0 Å². The van der Waals surface area contributed by atoms with Crippen LogP contribution in [-0.4, -0.2) is 35.1 Å². The largest absolute Gasteiger partial charge is 0.393 e. The molecule has 0 aromatic heterocycles. The Balaban J connectivity index is 2.24. The minimum Gasteiger partial charge on any atom is -0.393 e. The van der Waals surface area contributed by atoms with Gasteiger partial charge in [0.2, 0.25) is 5.91 Å². The zero-order chi connectivity index (χ0) is 15.8. The van der Waals surface area contributed by atoms with Gasteiger partial charge in [0.05, 0.1) is 11.5 Å². The van der Waals surface area contributed by atoms with Crippen LogP contribution in [0.25, 0.3) is 0 Å². The molecular formula is C16H21ClFNO2. The molecule has 1 N–H and O–H groups in total. The smallest absolute Gasteiger partial charge is 0.232 e. The van der Waals surface area contributed by atoms with Gasteiger partial charge in [-0.25, -0.2) is 4.39 Å². The first-order valence-corrected chi connectivity index (χ1v) is 7.54. The Kier molecular flexibility index (Phi) is 4.59. The maximum Gasteiger partial charge on any atom is 0.232 e. The van der Waals surface area contributed by atoms with Crippen molar-refractivity contribution in [3.8, 4) is 0 Å². The number of amides is 1. The van der Waals surface area contributed by atoms with Crippen molar-refractivity contribution >= 4 is 17.5 Å². The molecule has 0 radical (unpaired) electrons. The Hall–Kier alpha value is -1.13. The van der Waals surface area contributed by atoms with E-state index in [9.17, 15) is 14.3 Å². The van der Waals surface area contributed by atoms with Gasteiger partial charge in [-0.2, -0.15) is 0 Å². The third-order valence-electron chi connectivity index (χ3n) is 4.29. The zero-order valence-corrected chi connectivity index (χ0v) is 13.3. The summed E-state index contributed by atoms with van der Waals surface area (Å²) in [5, 5.41) is 10.1. The van der Waals surface area contributed by atoms with E-state index in [1.165, 1.54) is 6.07 Å². The molecule has 1 saturated heterocycles. The lowest BCUT2D eigenvalue weighted by atomic mass is 9.81. The molecule has 1 aromatic carbocycles. The van der Waals surface area contributed by atoms with Crippen LogP contribution in [0.3, 0.4) is 0 Å². The Morgan fingerprint density at radius 2 is 2.14 bits per heavy atom. The van der Waals surface area contributed by atoms with Gasteiger partial charge in [0.25, 0.3) is 0 Å². The van der Waals surface area contributed by atoms with E-state index in [1.54, 1.807) is 30.9 Å². The summed E-state index contributed by atoms with van der Waals surface area (Å²) in [6.45, 7) is 6.36. The lowest BCUT2D eigenvalue weighted by Crippen LogP contribution is -2.50. The van der Waals surface area contributed by atoms with E-state index in [-0.39, 0.29) is 17.9 Å². The highest BCUT2D eigenvalue weighted by Crippen LogP contribution is 2.31. The van der Waals surface area contributed by atoms with Gasteiger partial charge in [0.15, 0.2) is 0 Å². The number of halogens is 2. The van der Waals surface area contributed by atoms with Crippen LogP contribution in [0.15, 0.2) is 18.2 Å². The van der Waals surface area contributed by atoms with Crippen molar-refractivity contribution in [2.45, 2.75) is 38.7 Å². The molecule has 0 spiro atoms. The van der Waals surface area contributed by atoms with Gasteiger partial charge < -0.3 is 10.0 Å². The highest BCUT2D eigenvalue weighted by atomic mass is 35.5. The molecule has 1 amide bonds. The summed E-state index contributed by atoms with van der Waals surface area (Å²) in [6, 6.07) is 4.39. The van der Waals surface area contributed by atoms with Crippen molar-refractivity contribution in [1.29, 1.82) is 0 Å². The highest BCUT2D eigenvalue weighted by Gasteiger charge is 2.38. The highest BCUT2D eigenvalue weighted by molar-refractivity contribution is 6.30. The monoisotopic (exact) mass is 313 g/mol. The van der Waals surface area contributed by atoms with Gasteiger partial charge in [-0.3, -0.25) is 4.79 Å². The van der Waals surface area contributed by atoms with E-state index in [4.69, 9.17) is 11.6 Å². The number of piperidine rings is 1. The van der Waals surface area contributed by atoms with E-state index < -0.39 is 11.2 Å². The number of benzene rings is 1. The third kappa shape index (κ3) is 3.22. The summed E-state index contributed by atoms with van der Waals surface area (Å²) in [4.78, 5) is 14.5. The molecule has 0 unspecified atom stereocenters. The molecule has 2 atom stereocenters. The zero-order valence-electron chi connectivity index (χ0n) is 12.6. The first kappa shape index (κ1) is 16.2. The van der Waals surface area contributed by atoms with Gasteiger partial charge in [-0.05, 0) is 38.3 Å². The summed E-state index contributed by atoms with van der Waals surface area (Å²) in [5.41, 5.74) is -0.618. The molecular weight excluding hydrogens is 293 g/mol. The van der Waals surface area contributed by atoms with Crippen LogP contribution in [0.2, 0.25) is 5.02 Å². The summed E-state index contributed by atoms with van der Waals surface area (Å²) in [5.74, 6) is -0.554. The average molecular weight is 314 g/mol. The molecule has 2 rings (SSSR count). The molecule has 0 bridgehead atoms. The molecule has 5 heteroatoms. The number of hydrogen-bond acceptors (Lipinski definition) is 2. The van der Waals surface area contributed by atoms with Crippen LogP contribution in [0, 0.1) is 11.7 Å². The second-order valence-corrected chi connectivity index (χ2v) is 6.77. The fourth-order valence-corrected chi connectivity index (χ4v) is 2.98. The van der Waals surface area contributed by atoms with Crippen molar-refractivity contribution in [3.63, 3.8) is 0 Å². The molecule has 1 aromatic rings. The van der Waals surface area contributed by atoms with Crippen LogP contribution in [0.1, 0.15) is 32.8 Å². The predicted octanol–water partition coefficient (Wildman–Crippen LogP) is 2.99. The van der Waals surface area contributed by atoms with Crippen molar-refractivity contribution in [3.05, 3.63) is 34.6 Å². The second-order valence-electron chi connectivity index (χ2n) is 6.33. The SMILES string of the molecule is C[C@H]1CN(C(=O)C(C)(C)c2ccc(Cl)cc2F)CC[C@@H]1O. The second kappa shape index (κ2) is 5.93. The topological polar surface area (TPSA) is 40.5 Å². The number of carbonyl (C=O) groups is 1. The Morgan fingerprint density at radius 1 is 1.48 bits per heavy atom. The van der Waals surface area contributed by atoms with E-state index in [0.29, 0.717) is 30.1 Å². The minimum absolute atomic E-state index is 0.0357. The number of aliphatic hydroxyl groups is 1. The Labute approximate surface area is 129 Å². The van der Waals surface area contributed by atoms with Gasteiger partial charge in [-0.15, -0.1) is 0 Å². The van der Waals surface area contributed by atoms with Crippen molar-refractivity contribution in [2.75, 3.05) is 13.1 Å². The molecule has 116 valence electrons. The normalized spacial score (nSPS) is 23.2. The quantitative estimate of drug-likeness (QED) is 0.912. The lowest BCUT2D eigenvalue weighted by molar-refractivity contribution is -0.140. The van der Waals surface area contributed by atoms with Crippen molar-refractivity contribution < 1.29 is 14.3 Å². The lowest BCUT2D eigenvalue weighted by Gasteiger charge is -2.39. The van der Waals surface area contributed by atoms with Crippen LogP contribution in [-0.2, 0) is 10.2 Å². The Bertz CT molecular complexity index is 547. The number of carbonyl (C=O) groups excluding carboxylic acids is 1. The van der Waals surface area contributed by atoms with Crippen molar-refractivity contribution in [1.82, 2.24) is 4.90 Å². The van der Waals surface area contributed by atoms with E-state index in [2.05, 4.69) is 0 Å². The Morgan fingerprint density at radius 3 is 2.71 bits per heavy atom. The number of nitrogens with zero attached hydrogens (tertiary/aromatic N) is 1. The van der Waals surface area contributed by atoms with E-state index in [1.807, 2.05) is 6.92 Å². The molecule has 1 heterocycles. The van der Waals surface area contributed by atoms with E-state index in [0.717, 1.165) is 0 Å². The molecule has 0 aliphatic carbocycles. The van der Waals surface area contributed by atoms with Gasteiger partial charge in [0, 0.05) is 23.7 Å². The molecule has 21 heavy (non-hydrogen) atoms. The van der Waals surface area contributed by atoms with Crippen LogP contribution < -0.4 is 0 Å². The molecule has 1 fully saturated rings.